The van der Waals surface area contributed by atoms with E-state index in [-0.39, 0.29) is 23.5 Å². The van der Waals surface area contributed by atoms with Crippen LogP contribution < -0.4 is 10.6 Å². The Morgan fingerprint density at radius 1 is 1.10 bits per heavy atom. The van der Waals surface area contributed by atoms with Gasteiger partial charge in [0.15, 0.2) is 0 Å². The maximum absolute atomic E-state index is 14.0. The lowest BCUT2D eigenvalue weighted by atomic mass is 10.0. The summed E-state index contributed by atoms with van der Waals surface area (Å²) in [4.78, 5) is 29.7. The third kappa shape index (κ3) is 4.86. The van der Waals surface area contributed by atoms with E-state index in [0.717, 1.165) is 18.4 Å². The number of rotatable bonds is 7. The fraction of sp³-hybridized carbons (Fsp3) is 0.227. The maximum atomic E-state index is 14.0. The number of thiazole rings is 1. The molecule has 1 fully saturated rings. The van der Waals surface area contributed by atoms with Crippen molar-refractivity contribution in [3.63, 3.8) is 0 Å². The van der Waals surface area contributed by atoms with Crippen molar-refractivity contribution in [2.45, 2.75) is 31.3 Å². The minimum atomic E-state index is -0.705. The summed E-state index contributed by atoms with van der Waals surface area (Å²) in [5.74, 6) is -1.04. The molecule has 2 amide bonds. The largest absolute Gasteiger partial charge is 0.352 e. The standard InChI is InChI=1S/C22H20FN3O2S/c23-17-9-5-4-8-16(17)22-26-19(13-29-22)21(28)25-18(20(27)24-15-10-11-15)12-14-6-2-1-3-7-14/h1-9,13,15,18H,10-12H2,(H,24,27)(H,25,28). The molecule has 1 aliphatic carbocycles. The number of nitrogens with zero attached hydrogens (tertiary/aromatic N) is 1. The predicted molar refractivity (Wildman–Crippen MR) is 110 cm³/mol. The van der Waals surface area contributed by atoms with Crippen molar-refractivity contribution in [3.05, 3.63) is 77.1 Å². The lowest BCUT2D eigenvalue weighted by molar-refractivity contribution is -0.123. The van der Waals surface area contributed by atoms with Gasteiger partial charge in [-0.3, -0.25) is 9.59 Å². The summed E-state index contributed by atoms with van der Waals surface area (Å²) in [6, 6.07) is 15.3. The molecule has 148 valence electrons. The van der Waals surface area contributed by atoms with Crippen molar-refractivity contribution in [2.75, 3.05) is 0 Å². The monoisotopic (exact) mass is 409 g/mol. The number of nitrogens with one attached hydrogen (secondary N) is 2. The Hall–Kier alpha value is -3.06. The second-order valence-electron chi connectivity index (χ2n) is 7.02. The first-order valence-electron chi connectivity index (χ1n) is 9.46. The van der Waals surface area contributed by atoms with Gasteiger partial charge in [-0.15, -0.1) is 11.3 Å². The average Bonchev–Trinajstić information content (AvgIpc) is 3.40. The topological polar surface area (TPSA) is 71.1 Å². The molecule has 29 heavy (non-hydrogen) atoms. The Balaban J connectivity index is 1.50. The van der Waals surface area contributed by atoms with Gasteiger partial charge >= 0.3 is 0 Å². The summed E-state index contributed by atoms with van der Waals surface area (Å²) >= 11 is 1.19. The fourth-order valence-corrected chi connectivity index (χ4v) is 3.78. The number of hydrogen-bond acceptors (Lipinski definition) is 4. The summed E-state index contributed by atoms with van der Waals surface area (Å²) < 4.78 is 14.0. The maximum Gasteiger partial charge on any atom is 0.271 e. The molecule has 1 unspecified atom stereocenters. The zero-order chi connectivity index (χ0) is 20.2. The molecule has 0 radical (unpaired) electrons. The van der Waals surface area contributed by atoms with Crippen LogP contribution in [0, 0.1) is 5.82 Å². The van der Waals surface area contributed by atoms with Crippen LogP contribution in [0.25, 0.3) is 10.6 Å². The van der Waals surface area contributed by atoms with E-state index in [1.807, 2.05) is 30.3 Å². The summed E-state index contributed by atoms with van der Waals surface area (Å²) in [6.07, 6.45) is 2.32. The lowest BCUT2D eigenvalue weighted by Gasteiger charge is -2.18. The van der Waals surface area contributed by atoms with Crippen LogP contribution in [0.3, 0.4) is 0 Å². The van der Waals surface area contributed by atoms with Crippen LogP contribution in [0.1, 0.15) is 28.9 Å². The van der Waals surface area contributed by atoms with E-state index in [1.54, 1.807) is 23.6 Å². The smallest absolute Gasteiger partial charge is 0.271 e. The van der Waals surface area contributed by atoms with Crippen molar-refractivity contribution in [3.8, 4) is 10.6 Å². The Kier molecular flexibility index (Phi) is 5.67. The van der Waals surface area contributed by atoms with Gasteiger partial charge in [-0.1, -0.05) is 42.5 Å². The number of carbonyl (C=O) groups excluding carboxylic acids is 2. The lowest BCUT2D eigenvalue weighted by Crippen LogP contribution is -2.48. The summed E-state index contributed by atoms with van der Waals surface area (Å²) in [5.41, 5.74) is 1.48. The van der Waals surface area contributed by atoms with Crippen LogP contribution in [0.4, 0.5) is 4.39 Å². The molecule has 2 N–H and O–H groups in total. The molecule has 2 aromatic carbocycles. The van der Waals surface area contributed by atoms with Crippen LogP contribution in [-0.4, -0.2) is 28.9 Å². The van der Waals surface area contributed by atoms with Crippen molar-refractivity contribution in [1.29, 1.82) is 0 Å². The minimum absolute atomic E-state index is 0.172. The summed E-state index contributed by atoms with van der Waals surface area (Å²) in [7, 11) is 0. The SMILES string of the molecule is O=C(NC(Cc1ccccc1)C(=O)NC1CC1)c1csc(-c2ccccc2F)n1. The molecule has 7 heteroatoms. The number of carbonyl (C=O) groups is 2. The molecule has 1 aromatic heterocycles. The molecular weight excluding hydrogens is 389 g/mol. The van der Waals surface area contributed by atoms with Crippen LogP contribution >= 0.6 is 11.3 Å². The molecule has 3 aromatic rings. The highest BCUT2D eigenvalue weighted by molar-refractivity contribution is 7.13. The highest BCUT2D eigenvalue weighted by Gasteiger charge is 2.29. The number of amides is 2. The minimum Gasteiger partial charge on any atom is -0.352 e. The Morgan fingerprint density at radius 3 is 2.55 bits per heavy atom. The molecule has 0 saturated heterocycles. The van der Waals surface area contributed by atoms with Crippen LogP contribution in [-0.2, 0) is 11.2 Å². The molecule has 5 nitrogen and oxygen atoms in total. The summed E-state index contributed by atoms with van der Waals surface area (Å²) in [6.45, 7) is 0. The van der Waals surface area contributed by atoms with Crippen molar-refractivity contribution in [1.82, 2.24) is 15.6 Å². The molecule has 1 saturated carbocycles. The number of halogens is 1. The molecule has 4 rings (SSSR count). The first-order valence-corrected chi connectivity index (χ1v) is 10.3. The third-order valence-corrected chi connectivity index (χ3v) is 5.54. The van der Waals surface area contributed by atoms with E-state index in [9.17, 15) is 14.0 Å². The van der Waals surface area contributed by atoms with E-state index in [4.69, 9.17) is 0 Å². The van der Waals surface area contributed by atoms with E-state index >= 15 is 0 Å². The van der Waals surface area contributed by atoms with E-state index in [0.29, 0.717) is 17.0 Å². The summed E-state index contributed by atoms with van der Waals surface area (Å²) in [5, 5.41) is 7.75. The quantitative estimate of drug-likeness (QED) is 0.627. The van der Waals surface area contributed by atoms with Gasteiger partial charge in [-0.05, 0) is 30.5 Å². The zero-order valence-corrected chi connectivity index (χ0v) is 16.4. The number of hydrogen-bond donors (Lipinski definition) is 2. The highest BCUT2D eigenvalue weighted by atomic mass is 32.1. The molecule has 0 aliphatic heterocycles. The Bertz CT molecular complexity index is 1020. The molecule has 0 spiro atoms. The zero-order valence-electron chi connectivity index (χ0n) is 15.6. The molecular formula is C22H20FN3O2S. The molecule has 1 heterocycles. The van der Waals surface area contributed by atoms with Crippen molar-refractivity contribution < 1.29 is 14.0 Å². The molecule has 1 atom stereocenters. The van der Waals surface area contributed by atoms with Gasteiger partial charge in [0, 0.05) is 23.4 Å². The second-order valence-corrected chi connectivity index (χ2v) is 7.87. The normalized spacial score (nSPS) is 14.2. The van der Waals surface area contributed by atoms with Gasteiger partial charge in [0.25, 0.3) is 5.91 Å². The van der Waals surface area contributed by atoms with Gasteiger partial charge in [0.1, 0.15) is 22.6 Å². The van der Waals surface area contributed by atoms with Crippen LogP contribution in [0.15, 0.2) is 60.0 Å². The van der Waals surface area contributed by atoms with Crippen molar-refractivity contribution >= 4 is 23.2 Å². The van der Waals surface area contributed by atoms with Crippen LogP contribution in [0.5, 0.6) is 0 Å². The molecule has 1 aliphatic rings. The van der Waals surface area contributed by atoms with E-state index in [1.165, 1.54) is 17.4 Å². The van der Waals surface area contributed by atoms with Gasteiger partial charge in [-0.2, -0.15) is 0 Å². The average molecular weight is 409 g/mol. The third-order valence-electron chi connectivity index (χ3n) is 4.67. The van der Waals surface area contributed by atoms with E-state index in [2.05, 4.69) is 15.6 Å². The van der Waals surface area contributed by atoms with Gasteiger partial charge in [0.05, 0.1) is 0 Å². The predicted octanol–water partition coefficient (Wildman–Crippen LogP) is 3.57. The first-order chi connectivity index (χ1) is 14.1. The highest BCUT2D eigenvalue weighted by Crippen LogP contribution is 2.26. The van der Waals surface area contributed by atoms with Gasteiger partial charge < -0.3 is 10.6 Å². The van der Waals surface area contributed by atoms with Gasteiger partial charge in [0.2, 0.25) is 5.91 Å². The fourth-order valence-electron chi connectivity index (χ4n) is 2.96. The number of benzene rings is 2. The van der Waals surface area contributed by atoms with Gasteiger partial charge in [-0.25, -0.2) is 9.37 Å². The van der Waals surface area contributed by atoms with Crippen molar-refractivity contribution in [2.24, 2.45) is 0 Å². The van der Waals surface area contributed by atoms with E-state index < -0.39 is 11.9 Å². The second kappa shape index (κ2) is 8.53. The molecule has 0 bridgehead atoms. The number of aromatic nitrogens is 1. The Labute approximate surface area is 172 Å². The first kappa shape index (κ1) is 19.3. The Morgan fingerprint density at radius 2 is 1.83 bits per heavy atom. The van der Waals surface area contributed by atoms with Crippen LogP contribution in [0.2, 0.25) is 0 Å².